The Kier molecular flexibility index (Phi) is 3.71. The number of nitrogens with zero attached hydrogens (tertiary/aromatic N) is 4. The lowest BCUT2D eigenvalue weighted by atomic mass is 10.4. The van der Waals surface area contributed by atoms with Crippen LogP contribution in [-0.2, 0) is 0 Å². The number of anilines is 2. The van der Waals surface area contributed by atoms with Crippen molar-refractivity contribution in [1.29, 1.82) is 0 Å². The average Bonchev–Trinajstić information content (AvgIpc) is 2.89. The second-order valence-electron chi connectivity index (χ2n) is 3.68. The van der Waals surface area contributed by atoms with Crippen LogP contribution in [-0.4, -0.2) is 34.6 Å². The van der Waals surface area contributed by atoms with Crippen LogP contribution in [0.2, 0.25) is 0 Å². The van der Waals surface area contributed by atoms with Gasteiger partial charge in [0.05, 0.1) is 0 Å². The molecule has 1 aliphatic heterocycles. The Hall–Kier alpha value is -1.89. The normalized spacial score (nSPS) is 14.8. The minimum atomic E-state index is 0.259. The molecule has 1 saturated heterocycles. The third kappa shape index (κ3) is 2.82. The molecule has 1 aromatic heterocycles. The molecule has 17 heavy (non-hydrogen) atoms. The van der Waals surface area contributed by atoms with E-state index in [0.717, 1.165) is 25.9 Å². The van der Waals surface area contributed by atoms with Crippen molar-refractivity contribution in [3.8, 4) is 6.01 Å². The molecule has 0 unspecified atom stereocenters. The SMILES string of the molecule is C=CCOc1nc(NN)nc(N2CCCC2)n1. The fourth-order valence-electron chi connectivity index (χ4n) is 1.67. The summed E-state index contributed by atoms with van der Waals surface area (Å²) in [5.41, 5.74) is 2.41. The molecule has 3 N–H and O–H groups in total. The van der Waals surface area contributed by atoms with E-state index in [9.17, 15) is 0 Å². The molecule has 0 radical (unpaired) electrons. The third-order valence-corrected chi connectivity index (χ3v) is 2.45. The highest BCUT2D eigenvalue weighted by Gasteiger charge is 2.17. The van der Waals surface area contributed by atoms with Gasteiger partial charge in [0.1, 0.15) is 6.61 Å². The molecule has 2 heterocycles. The van der Waals surface area contributed by atoms with Crippen LogP contribution in [0.5, 0.6) is 6.01 Å². The molecule has 0 aliphatic carbocycles. The molecule has 0 amide bonds. The first-order valence-corrected chi connectivity index (χ1v) is 5.55. The maximum Gasteiger partial charge on any atom is 0.323 e. The van der Waals surface area contributed by atoms with Crippen molar-refractivity contribution < 1.29 is 4.74 Å². The third-order valence-electron chi connectivity index (χ3n) is 2.45. The summed E-state index contributed by atoms with van der Waals surface area (Å²) in [7, 11) is 0. The number of nitrogens with one attached hydrogen (secondary N) is 1. The first kappa shape index (κ1) is 11.6. The fourth-order valence-corrected chi connectivity index (χ4v) is 1.67. The molecule has 1 fully saturated rings. The minimum absolute atomic E-state index is 0.259. The molecular formula is C10H16N6O. The van der Waals surface area contributed by atoms with E-state index in [2.05, 4.69) is 31.9 Å². The Balaban J connectivity index is 2.21. The second-order valence-corrected chi connectivity index (χ2v) is 3.68. The van der Waals surface area contributed by atoms with E-state index in [1.54, 1.807) is 6.08 Å². The highest BCUT2D eigenvalue weighted by Crippen LogP contribution is 2.18. The number of rotatable bonds is 5. The predicted octanol–water partition coefficient (Wildman–Crippen LogP) is 0.322. The van der Waals surface area contributed by atoms with Gasteiger partial charge < -0.3 is 9.64 Å². The van der Waals surface area contributed by atoms with Crippen LogP contribution in [0.3, 0.4) is 0 Å². The van der Waals surface area contributed by atoms with Gasteiger partial charge in [-0.1, -0.05) is 12.7 Å². The van der Waals surface area contributed by atoms with E-state index in [1.807, 2.05) is 0 Å². The largest absolute Gasteiger partial charge is 0.459 e. The van der Waals surface area contributed by atoms with Crippen molar-refractivity contribution in [2.24, 2.45) is 5.84 Å². The Bertz CT molecular complexity index is 390. The molecule has 0 aromatic carbocycles. The highest BCUT2D eigenvalue weighted by molar-refractivity contribution is 5.38. The van der Waals surface area contributed by atoms with E-state index < -0.39 is 0 Å². The molecular weight excluding hydrogens is 220 g/mol. The smallest absolute Gasteiger partial charge is 0.323 e. The zero-order valence-electron chi connectivity index (χ0n) is 9.59. The van der Waals surface area contributed by atoms with Gasteiger partial charge in [-0.2, -0.15) is 15.0 Å². The van der Waals surface area contributed by atoms with Crippen LogP contribution < -0.4 is 20.9 Å². The monoisotopic (exact) mass is 236 g/mol. The number of aromatic nitrogens is 3. The lowest BCUT2D eigenvalue weighted by Crippen LogP contribution is -2.22. The second kappa shape index (κ2) is 5.44. The number of ether oxygens (including phenoxy) is 1. The van der Waals surface area contributed by atoms with Gasteiger partial charge in [-0.3, -0.25) is 5.43 Å². The first-order valence-electron chi connectivity index (χ1n) is 5.55. The van der Waals surface area contributed by atoms with Crippen LogP contribution in [0, 0.1) is 0 Å². The van der Waals surface area contributed by atoms with Crippen molar-refractivity contribution >= 4 is 11.9 Å². The summed E-state index contributed by atoms with van der Waals surface area (Å²) in [5, 5.41) is 0. The molecule has 7 heteroatoms. The van der Waals surface area contributed by atoms with Crippen LogP contribution in [0.15, 0.2) is 12.7 Å². The average molecular weight is 236 g/mol. The summed E-state index contributed by atoms with van der Waals surface area (Å²) >= 11 is 0. The summed E-state index contributed by atoms with van der Waals surface area (Å²) in [6.45, 7) is 5.83. The maximum absolute atomic E-state index is 5.32. The molecule has 92 valence electrons. The van der Waals surface area contributed by atoms with Crippen LogP contribution in [0.1, 0.15) is 12.8 Å². The fraction of sp³-hybridized carbons (Fsp3) is 0.500. The number of hydrazine groups is 1. The zero-order chi connectivity index (χ0) is 12.1. The van der Waals surface area contributed by atoms with E-state index in [0.29, 0.717) is 18.5 Å². The van der Waals surface area contributed by atoms with Gasteiger partial charge in [-0.25, -0.2) is 5.84 Å². The van der Waals surface area contributed by atoms with Gasteiger partial charge in [0, 0.05) is 13.1 Å². The Morgan fingerprint density at radius 1 is 1.35 bits per heavy atom. The van der Waals surface area contributed by atoms with E-state index in [-0.39, 0.29) is 6.01 Å². The minimum Gasteiger partial charge on any atom is -0.459 e. The van der Waals surface area contributed by atoms with Crippen LogP contribution in [0.4, 0.5) is 11.9 Å². The summed E-state index contributed by atoms with van der Waals surface area (Å²) in [4.78, 5) is 14.5. The van der Waals surface area contributed by atoms with Crippen molar-refractivity contribution in [1.82, 2.24) is 15.0 Å². The van der Waals surface area contributed by atoms with E-state index in [4.69, 9.17) is 10.6 Å². The van der Waals surface area contributed by atoms with Crippen LogP contribution >= 0.6 is 0 Å². The Morgan fingerprint density at radius 2 is 2.12 bits per heavy atom. The molecule has 0 spiro atoms. The first-order chi connectivity index (χ1) is 8.33. The molecule has 0 bridgehead atoms. The molecule has 2 rings (SSSR count). The lowest BCUT2D eigenvalue weighted by molar-refractivity contribution is 0.332. The van der Waals surface area contributed by atoms with Gasteiger partial charge in [-0.15, -0.1) is 0 Å². The molecule has 7 nitrogen and oxygen atoms in total. The standard InChI is InChI=1S/C10H16N6O/c1-2-7-17-10-13-8(15-11)12-9(14-10)16-5-3-4-6-16/h2H,1,3-7,11H2,(H,12,13,14,15). The number of nitrogen functional groups attached to an aromatic ring is 1. The van der Waals surface area contributed by atoms with Crippen molar-refractivity contribution in [3.63, 3.8) is 0 Å². The van der Waals surface area contributed by atoms with Gasteiger partial charge in [0.25, 0.3) is 0 Å². The Labute approximate surface area is 99.7 Å². The number of nitrogens with two attached hydrogens (primary N) is 1. The number of hydrogen-bond acceptors (Lipinski definition) is 7. The number of hydrogen-bond donors (Lipinski definition) is 2. The quantitative estimate of drug-likeness (QED) is 0.432. The summed E-state index contributed by atoms with van der Waals surface area (Å²) in [6, 6.07) is 0.259. The molecule has 0 atom stereocenters. The van der Waals surface area contributed by atoms with Gasteiger partial charge in [0.15, 0.2) is 0 Å². The van der Waals surface area contributed by atoms with E-state index in [1.165, 1.54) is 0 Å². The molecule has 0 saturated carbocycles. The van der Waals surface area contributed by atoms with Gasteiger partial charge >= 0.3 is 6.01 Å². The van der Waals surface area contributed by atoms with E-state index >= 15 is 0 Å². The molecule has 1 aliphatic rings. The lowest BCUT2D eigenvalue weighted by Gasteiger charge is -2.15. The summed E-state index contributed by atoms with van der Waals surface area (Å²) in [5.74, 6) is 6.23. The summed E-state index contributed by atoms with van der Waals surface area (Å²) in [6.07, 6.45) is 3.94. The zero-order valence-corrected chi connectivity index (χ0v) is 9.59. The summed E-state index contributed by atoms with van der Waals surface area (Å²) < 4.78 is 5.30. The van der Waals surface area contributed by atoms with Crippen molar-refractivity contribution in [3.05, 3.63) is 12.7 Å². The van der Waals surface area contributed by atoms with Crippen LogP contribution in [0.25, 0.3) is 0 Å². The highest BCUT2D eigenvalue weighted by atomic mass is 16.5. The maximum atomic E-state index is 5.32. The van der Waals surface area contributed by atoms with Crippen molar-refractivity contribution in [2.45, 2.75) is 12.8 Å². The molecule has 1 aromatic rings. The topological polar surface area (TPSA) is 89.2 Å². The van der Waals surface area contributed by atoms with Gasteiger partial charge in [-0.05, 0) is 12.8 Å². The van der Waals surface area contributed by atoms with Crippen molar-refractivity contribution in [2.75, 3.05) is 30.0 Å². The predicted molar refractivity (Wildman–Crippen MR) is 64.8 cm³/mol. The Morgan fingerprint density at radius 3 is 2.76 bits per heavy atom. The van der Waals surface area contributed by atoms with Gasteiger partial charge in [0.2, 0.25) is 11.9 Å².